The highest BCUT2D eigenvalue weighted by Gasteiger charge is 2.28. The lowest BCUT2D eigenvalue weighted by Crippen LogP contribution is -2.29. The van der Waals surface area contributed by atoms with Gasteiger partial charge in [0, 0.05) is 0 Å². The fourth-order valence-corrected chi connectivity index (χ4v) is 2.64. The molecule has 24 heavy (non-hydrogen) atoms. The fraction of sp³-hybridized carbons (Fsp3) is 0.471. The molecule has 1 amide bonds. The second-order valence-electron chi connectivity index (χ2n) is 6.14. The van der Waals surface area contributed by atoms with Crippen LogP contribution in [0.1, 0.15) is 38.8 Å². The molecule has 7 nitrogen and oxygen atoms in total. The Kier molecular flexibility index (Phi) is 4.69. The van der Waals surface area contributed by atoms with Crippen LogP contribution in [0, 0.1) is 5.92 Å². The molecular weight excluding hydrogens is 308 g/mol. The topological polar surface area (TPSA) is 78.3 Å². The molecule has 0 aliphatic carbocycles. The summed E-state index contributed by atoms with van der Waals surface area (Å²) in [6, 6.07) is 5.57. The molecule has 0 radical (unpaired) electrons. The van der Waals surface area contributed by atoms with Crippen molar-refractivity contribution in [3.63, 3.8) is 0 Å². The van der Waals surface area contributed by atoms with Crippen LogP contribution in [0.4, 0.5) is 5.95 Å². The van der Waals surface area contributed by atoms with Crippen molar-refractivity contribution in [1.82, 2.24) is 14.8 Å². The SMILES string of the molecule is CCOc1cc(C2CC(=O)Nc3ncnn32)ccc1OCC(C)C. The Hall–Kier alpha value is -2.57. The van der Waals surface area contributed by atoms with Crippen molar-refractivity contribution in [2.24, 2.45) is 5.92 Å². The van der Waals surface area contributed by atoms with E-state index in [0.717, 1.165) is 5.56 Å². The third kappa shape index (κ3) is 3.34. The van der Waals surface area contributed by atoms with E-state index in [1.54, 1.807) is 4.68 Å². The van der Waals surface area contributed by atoms with E-state index in [4.69, 9.17) is 9.47 Å². The molecule has 1 aromatic heterocycles. The van der Waals surface area contributed by atoms with E-state index >= 15 is 0 Å². The van der Waals surface area contributed by atoms with Gasteiger partial charge in [0.1, 0.15) is 6.33 Å². The molecule has 0 spiro atoms. The third-order valence-electron chi connectivity index (χ3n) is 3.72. The number of amides is 1. The highest BCUT2D eigenvalue weighted by atomic mass is 16.5. The van der Waals surface area contributed by atoms with E-state index in [-0.39, 0.29) is 11.9 Å². The standard InChI is InChI=1S/C17H22N4O3/c1-4-23-15-7-12(5-6-14(15)24-9-11(2)3)13-8-16(22)20-17-18-10-19-21(13)17/h5-7,10-11,13H,4,8-9H2,1-3H3,(H,18,19,20,22). The van der Waals surface area contributed by atoms with Crippen LogP contribution in [0.3, 0.4) is 0 Å². The average molecular weight is 330 g/mol. The molecule has 1 aromatic carbocycles. The molecule has 0 fully saturated rings. The summed E-state index contributed by atoms with van der Waals surface area (Å²) < 4.78 is 13.3. The van der Waals surface area contributed by atoms with Gasteiger partial charge >= 0.3 is 0 Å². The Bertz CT molecular complexity index is 726. The number of aromatic nitrogens is 3. The van der Waals surface area contributed by atoms with Crippen molar-refractivity contribution < 1.29 is 14.3 Å². The Morgan fingerprint density at radius 3 is 2.92 bits per heavy atom. The van der Waals surface area contributed by atoms with Gasteiger partial charge in [0.2, 0.25) is 11.9 Å². The number of ether oxygens (including phenoxy) is 2. The lowest BCUT2D eigenvalue weighted by atomic mass is 10.0. The van der Waals surface area contributed by atoms with E-state index in [2.05, 4.69) is 29.2 Å². The van der Waals surface area contributed by atoms with E-state index in [0.29, 0.717) is 43.0 Å². The van der Waals surface area contributed by atoms with Gasteiger partial charge in [-0.1, -0.05) is 19.9 Å². The molecule has 1 atom stereocenters. The van der Waals surface area contributed by atoms with Crippen molar-refractivity contribution in [3.05, 3.63) is 30.1 Å². The van der Waals surface area contributed by atoms with Crippen molar-refractivity contribution >= 4 is 11.9 Å². The van der Waals surface area contributed by atoms with E-state index in [9.17, 15) is 4.79 Å². The number of hydrogen-bond donors (Lipinski definition) is 1. The van der Waals surface area contributed by atoms with E-state index in [1.165, 1.54) is 6.33 Å². The predicted molar refractivity (Wildman–Crippen MR) is 89.4 cm³/mol. The van der Waals surface area contributed by atoms with Crippen LogP contribution in [0.15, 0.2) is 24.5 Å². The van der Waals surface area contributed by atoms with Crippen LogP contribution in [0.5, 0.6) is 11.5 Å². The van der Waals surface area contributed by atoms with Crippen molar-refractivity contribution in [2.75, 3.05) is 18.5 Å². The summed E-state index contributed by atoms with van der Waals surface area (Å²) in [6.45, 7) is 7.30. The number of carbonyl (C=O) groups is 1. The molecule has 1 aliphatic heterocycles. The number of fused-ring (bicyclic) bond motifs is 1. The number of benzene rings is 1. The molecule has 0 bridgehead atoms. The Labute approximate surface area is 141 Å². The maximum Gasteiger partial charge on any atom is 0.229 e. The molecule has 7 heteroatoms. The summed E-state index contributed by atoms with van der Waals surface area (Å²) in [5.41, 5.74) is 0.942. The zero-order valence-electron chi connectivity index (χ0n) is 14.2. The number of carbonyl (C=O) groups excluding carboxylic acids is 1. The van der Waals surface area contributed by atoms with Gasteiger partial charge in [0.05, 0.1) is 25.7 Å². The largest absolute Gasteiger partial charge is 0.490 e. The van der Waals surface area contributed by atoms with Crippen LogP contribution in [0.25, 0.3) is 0 Å². The van der Waals surface area contributed by atoms with Crippen LogP contribution >= 0.6 is 0 Å². The van der Waals surface area contributed by atoms with Gasteiger partial charge in [-0.25, -0.2) is 4.68 Å². The molecule has 128 valence electrons. The first-order chi connectivity index (χ1) is 11.6. The molecule has 2 aromatic rings. The Morgan fingerprint density at radius 1 is 1.33 bits per heavy atom. The summed E-state index contributed by atoms with van der Waals surface area (Å²) in [7, 11) is 0. The first-order valence-electron chi connectivity index (χ1n) is 8.17. The van der Waals surface area contributed by atoms with Crippen LogP contribution in [-0.4, -0.2) is 33.9 Å². The second-order valence-corrected chi connectivity index (χ2v) is 6.14. The van der Waals surface area contributed by atoms with Crippen LogP contribution in [0.2, 0.25) is 0 Å². The number of anilines is 1. The highest BCUT2D eigenvalue weighted by molar-refractivity contribution is 5.91. The molecule has 1 N–H and O–H groups in total. The molecule has 1 unspecified atom stereocenters. The highest BCUT2D eigenvalue weighted by Crippen LogP contribution is 2.35. The van der Waals surface area contributed by atoms with E-state index < -0.39 is 0 Å². The first-order valence-corrected chi connectivity index (χ1v) is 8.17. The molecule has 3 rings (SSSR count). The number of hydrogen-bond acceptors (Lipinski definition) is 5. The molecule has 0 saturated carbocycles. The molecule has 1 aliphatic rings. The maximum absolute atomic E-state index is 11.9. The normalized spacial score (nSPS) is 16.7. The summed E-state index contributed by atoms with van der Waals surface area (Å²) in [5.74, 6) is 2.23. The lowest BCUT2D eigenvalue weighted by Gasteiger charge is -2.24. The number of rotatable bonds is 6. The predicted octanol–water partition coefficient (Wildman–Crippen LogP) is 2.64. The van der Waals surface area contributed by atoms with Gasteiger partial charge in [0.25, 0.3) is 0 Å². The smallest absolute Gasteiger partial charge is 0.229 e. The Morgan fingerprint density at radius 2 is 2.17 bits per heavy atom. The number of nitrogens with zero attached hydrogens (tertiary/aromatic N) is 3. The maximum atomic E-state index is 11.9. The van der Waals surface area contributed by atoms with E-state index in [1.807, 2.05) is 25.1 Å². The molecular formula is C17H22N4O3. The summed E-state index contributed by atoms with van der Waals surface area (Å²) in [6.07, 6.45) is 1.76. The van der Waals surface area contributed by atoms with Gasteiger partial charge in [-0.3, -0.25) is 10.1 Å². The average Bonchev–Trinajstić information content (AvgIpc) is 3.01. The van der Waals surface area contributed by atoms with Crippen LogP contribution in [-0.2, 0) is 4.79 Å². The minimum atomic E-state index is -0.199. The lowest BCUT2D eigenvalue weighted by molar-refractivity contribution is -0.117. The second kappa shape index (κ2) is 6.90. The monoisotopic (exact) mass is 330 g/mol. The molecule has 2 heterocycles. The zero-order valence-corrected chi connectivity index (χ0v) is 14.2. The molecule has 0 saturated heterocycles. The Balaban J connectivity index is 1.92. The van der Waals surface area contributed by atoms with Gasteiger partial charge in [-0.15, -0.1) is 0 Å². The van der Waals surface area contributed by atoms with Gasteiger partial charge in [0.15, 0.2) is 11.5 Å². The van der Waals surface area contributed by atoms with Crippen LogP contribution < -0.4 is 14.8 Å². The van der Waals surface area contributed by atoms with Crippen molar-refractivity contribution in [2.45, 2.75) is 33.2 Å². The van der Waals surface area contributed by atoms with Gasteiger partial charge in [-0.05, 0) is 30.5 Å². The summed E-state index contributed by atoms with van der Waals surface area (Å²) >= 11 is 0. The third-order valence-corrected chi connectivity index (χ3v) is 3.72. The quantitative estimate of drug-likeness (QED) is 0.881. The minimum Gasteiger partial charge on any atom is -0.490 e. The fourth-order valence-electron chi connectivity index (χ4n) is 2.64. The van der Waals surface area contributed by atoms with Gasteiger partial charge in [-0.2, -0.15) is 10.1 Å². The van der Waals surface area contributed by atoms with Gasteiger partial charge < -0.3 is 9.47 Å². The summed E-state index contributed by atoms with van der Waals surface area (Å²) in [5, 5.41) is 6.94. The summed E-state index contributed by atoms with van der Waals surface area (Å²) in [4.78, 5) is 16.0. The van der Waals surface area contributed by atoms with Crippen molar-refractivity contribution in [1.29, 1.82) is 0 Å². The van der Waals surface area contributed by atoms with Crippen molar-refractivity contribution in [3.8, 4) is 11.5 Å². The zero-order chi connectivity index (χ0) is 17.1. The minimum absolute atomic E-state index is 0.0707. The first kappa shape index (κ1) is 16.3. The number of nitrogens with one attached hydrogen (secondary N) is 1.